The highest BCUT2D eigenvalue weighted by atomic mass is 19.4. The minimum Gasteiger partial charge on any atom is -0.347 e. The SMILES string of the molecule is CCCN(CC(F)(F)F)c1nc(NN)ncc1C. The van der Waals surface area contributed by atoms with Crippen LogP contribution in [0.4, 0.5) is 24.9 Å². The molecule has 0 aliphatic carbocycles. The summed E-state index contributed by atoms with van der Waals surface area (Å²) in [6.07, 6.45) is -2.25. The highest BCUT2D eigenvalue weighted by Gasteiger charge is 2.31. The predicted octanol–water partition coefficient (Wildman–Crippen LogP) is 1.85. The summed E-state index contributed by atoms with van der Waals surface area (Å²) >= 11 is 0. The molecule has 8 heteroatoms. The molecular formula is C10H16F3N5. The number of anilines is 2. The van der Waals surface area contributed by atoms with Gasteiger partial charge >= 0.3 is 6.18 Å². The largest absolute Gasteiger partial charge is 0.405 e. The second-order valence-corrected chi connectivity index (χ2v) is 3.88. The molecule has 0 spiro atoms. The smallest absolute Gasteiger partial charge is 0.347 e. The molecule has 0 aromatic carbocycles. The van der Waals surface area contributed by atoms with E-state index in [9.17, 15) is 13.2 Å². The first-order chi connectivity index (χ1) is 8.37. The van der Waals surface area contributed by atoms with Gasteiger partial charge in [0.15, 0.2) is 0 Å². The van der Waals surface area contributed by atoms with E-state index in [1.54, 1.807) is 6.92 Å². The Kier molecular flexibility index (Phi) is 4.71. The molecule has 0 saturated carbocycles. The first kappa shape index (κ1) is 14.5. The molecule has 1 aromatic heterocycles. The van der Waals surface area contributed by atoms with E-state index in [0.29, 0.717) is 12.0 Å². The van der Waals surface area contributed by atoms with Crippen molar-refractivity contribution in [2.24, 2.45) is 5.84 Å². The summed E-state index contributed by atoms with van der Waals surface area (Å²) in [7, 11) is 0. The molecule has 0 fully saturated rings. The number of nitrogens with two attached hydrogens (primary N) is 1. The van der Waals surface area contributed by atoms with E-state index in [0.717, 1.165) is 0 Å². The summed E-state index contributed by atoms with van der Waals surface area (Å²) in [6, 6.07) is 0. The fourth-order valence-corrected chi connectivity index (χ4v) is 1.57. The van der Waals surface area contributed by atoms with Gasteiger partial charge in [0.2, 0.25) is 5.95 Å². The van der Waals surface area contributed by atoms with E-state index >= 15 is 0 Å². The molecule has 5 nitrogen and oxygen atoms in total. The predicted molar refractivity (Wildman–Crippen MR) is 63.1 cm³/mol. The number of halogens is 3. The van der Waals surface area contributed by atoms with Gasteiger partial charge in [0.05, 0.1) is 0 Å². The van der Waals surface area contributed by atoms with Gasteiger partial charge in [-0.3, -0.25) is 5.43 Å². The van der Waals surface area contributed by atoms with Crippen LogP contribution in [0.5, 0.6) is 0 Å². The van der Waals surface area contributed by atoms with E-state index in [-0.39, 0.29) is 18.3 Å². The summed E-state index contributed by atoms with van der Waals surface area (Å²) in [5, 5.41) is 0. The molecule has 0 saturated heterocycles. The van der Waals surface area contributed by atoms with E-state index in [4.69, 9.17) is 5.84 Å². The van der Waals surface area contributed by atoms with Gasteiger partial charge in [-0.2, -0.15) is 18.2 Å². The zero-order valence-corrected chi connectivity index (χ0v) is 10.3. The summed E-state index contributed by atoms with van der Waals surface area (Å²) < 4.78 is 37.5. The molecule has 0 radical (unpaired) electrons. The maximum absolute atomic E-state index is 12.5. The van der Waals surface area contributed by atoms with Crippen molar-refractivity contribution in [1.29, 1.82) is 0 Å². The van der Waals surface area contributed by atoms with Crippen LogP contribution in [0, 0.1) is 6.92 Å². The van der Waals surface area contributed by atoms with E-state index in [1.165, 1.54) is 11.1 Å². The zero-order valence-electron chi connectivity index (χ0n) is 10.3. The minimum absolute atomic E-state index is 0.0962. The first-order valence-corrected chi connectivity index (χ1v) is 5.49. The number of rotatable bonds is 5. The number of aryl methyl sites for hydroxylation is 1. The van der Waals surface area contributed by atoms with Crippen LogP contribution < -0.4 is 16.2 Å². The molecule has 1 heterocycles. The maximum Gasteiger partial charge on any atom is 0.405 e. The fourth-order valence-electron chi connectivity index (χ4n) is 1.57. The Morgan fingerprint density at radius 3 is 2.61 bits per heavy atom. The Balaban J connectivity index is 3.04. The van der Waals surface area contributed by atoms with Crippen molar-refractivity contribution in [3.63, 3.8) is 0 Å². The second kappa shape index (κ2) is 5.85. The van der Waals surface area contributed by atoms with Gasteiger partial charge in [0.1, 0.15) is 12.4 Å². The molecule has 1 aromatic rings. The summed E-state index contributed by atoms with van der Waals surface area (Å²) in [4.78, 5) is 8.99. The lowest BCUT2D eigenvalue weighted by atomic mass is 10.3. The average molecular weight is 263 g/mol. The van der Waals surface area contributed by atoms with Gasteiger partial charge in [-0.25, -0.2) is 10.8 Å². The van der Waals surface area contributed by atoms with E-state index < -0.39 is 12.7 Å². The van der Waals surface area contributed by atoms with Crippen molar-refractivity contribution in [2.45, 2.75) is 26.4 Å². The second-order valence-electron chi connectivity index (χ2n) is 3.88. The molecule has 18 heavy (non-hydrogen) atoms. The van der Waals surface area contributed by atoms with Gasteiger partial charge in [-0.05, 0) is 13.3 Å². The summed E-state index contributed by atoms with van der Waals surface area (Å²) in [5.74, 6) is 5.50. The molecule has 0 atom stereocenters. The van der Waals surface area contributed by atoms with Crippen LogP contribution in [-0.4, -0.2) is 29.2 Å². The van der Waals surface area contributed by atoms with Gasteiger partial charge in [0.25, 0.3) is 0 Å². The molecule has 3 N–H and O–H groups in total. The number of nitrogens with zero attached hydrogens (tertiary/aromatic N) is 3. The lowest BCUT2D eigenvalue weighted by molar-refractivity contribution is -0.119. The number of nitrogen functional groups attached to an aromatic ring is 1. The van der Waals surface area contributed by atoms with Crippen LogP contribution in [-0.2, 0) is 0 Å². The number of hydrogen-bond acceptors (Lipinski definition) is 5. The standard InChI is InChI=1S/C10H16F3N5/c1-3-4-18(6-10(11,12)13)8-7(2)5-15-9(16-8)17-14/h5H,3-4,6,14H2,1-2H3,(H,15,16,17). The number of nitrogens with one attached hydrogen (secondary N) is 1. The van der Waals surface area contributed by atoms with Gasteiger partial charge in [-0.1, -0.05) is 6.92 Å². The zero-order chi connectivity index (χ0) is 13.8. The fraction of sp³-hybridized carbons (Fsp3) is 0.600. The van der Waals surface area contributed by atoms with Gasteiger partial charge < -0.3 is 4.90 Å². The normalized spacial score (nSPS) is 11.4. The van der Waals surface area contributed by atoms with Crippen LogP contribution in [0.15, 0.2) is 6.20 Å². The lowest BCUT2D eigenvalue weighted by Gasteiger charge is -2.25. The van der Waals surface area contributed by atoms with Crippen molar-refractivity contribution in [1.82, 2.24) is 9.97 Å². The number of alkyl halides is 3. The molecule has 0 unspecified atom stereocenters. The molecule has 102 valence electrons. The van der Waals surface area contributed by atoms with Crippen LogP contribution in [0.25, 0.3) is 0 Å². The molecule has 0 aliphatic heterocycles. The van der Waals surface area contributed by atoms with Crippen molar-refractivity contribution in [2.75, 3.05) is 23.4 Å². The first-order valence-electron chi connectivity index (χ1n) is 5.49. The average Bonchev–Trinajstić information content (AvgIpc) is 2.27. The monoisotopic (exact) mass is 263 g/mol. The van der Waals surface area contributed by atoms with E-state index in [1.807, 2.05) is 6.92 Å². The highest BCUT2D eigenvalue weighted by Crippen LogP contribution is 2.23. The minimum atomic E-state index is -4.27. The Labute approximate surface area is 103 Å². The molecule has 0 bridgehead atoms. The van der Waals surface area contributed by atoms with E-state index in [2.05, 4.69) is 15.4 Å². The van der Waals surface area contributed by atoms with Crippen molar-refractivity contribution in [3.05, 3.63) is 11.8 Å². The maximum atomic E-state index is 12.5. The Bertz CT molecular complexity index is 394. The van der Waals surface area contributed by atoms with Crippen LogP contribution >= 0.6 is 0 Å². The Hall–Kier alpha value is -1.57. The molecule has 0 amide bonds. The van der Waals surface area contributed by atoms with Crippen LogP contribution in [0.3, 0.4) is 0 Å². The van der Waals surface area contributed by atoms with Crippen molar-refractivity contribution >= 4 is 11.8 Å². The molecule has 0 aliphatic rings. The highest BCUT2D eigenvalue weighted by molar-refractivity contribution is 5.48. The van der Waals surface area contributed by atoms with Crippen molar-refractivity contribution < 1.29 is 13.2 Å². The van der Waals surface area contributed by atoms with Crippen LogP contribution in [0.1, 0.15) is 18.9 Å². The third-order valence-corrected chi connectivity index (χ3v) is 2.24. The lowest BCUT2D eigenvalue weighted by Crippen LogP contribution is -2.36. The summed E-state index contributed by atoms with van der Waals surface area (Å²) in [5.41, 5.74) is 2.80. The number of hydrogen-bond donors (Lipinski definition) is 2. The Morgan fingerprint density at radius 2 is 2.11 bits per heavy atom. The third kappa shape index (κ3) is 4.02. The van der Waals surface area contributed by atoms with Gasteiger partial charge in [-0.15, -0.1) is 0 Å². The summed E-state index contributed by atoms with van der Waals surface area (Å²) in [6.45, 7) is 2.70. The third-order valence-electron chi connectivity index (χ3n) is 2.24. The molecule has 1 rings (SSSR count). The topological polar surface area (TPSA) is 67.1 Å². The molecular weight excluding hydrogens is 247 g/mol. The quantitative estimate of drug-likeness (QED) is 0.627. The number of hydrazine groups is 1. The number of aromatic nitrogens is 2. The van der Waals surface area contributed by atoms with Crippen LogP contribution in [0.2, 0.25) is 0 Å². The Morgan fingerprint density at radius 1 is 1.44 bits per heavy atom. The van der Waals surface area contributed by atoms with Gasteiger partial charge in [0, 0.05) is 18.3 Å². The van der Waals surface area contributed by atoms with Crippen molar-refractivity contribution in [3.8, 4) is 0 Å².